The monoisotopic (exact) mass is 621 g/mol. The highest BCUT2D eigenvalue weighted by Gasteiger charge is 2.51. The second-order valence-corrected chi connectivity index (χ2v) is 14.9. The van der Waals surface area contributed by atoms with Crippen LogP contribution in [-0.4, -0.2) is 69.7 Å². The fraction of sp³-hybridized carbons (Fsp3) is 0.686. The number of rotatable bonds is 2. The van der Waals surface area contributed by atoms with Gasteiger partial charge in [0, 0.05) is 12.0 Å². The van der Waals surface area contributed by atoms with Crippen molar-refractivity contribution in [2.75, 3.05) is 13.7 Å². The van der Waals surface area contributed by atoms with Gasteiger partial charge in [0.25, 0.3) is 0 Å². The Kier molecular flexibility index (Phi) is 8.69. The number of aryl methyl sites for hydroxylation is 1. The zero-order valence-electron chi connectivity index (χ0n) is 27.2. The van der Waals surface area contributed by atoms with Gasteiger partial charge in [0.05, 0.1) is 37.0 Å². The summed E-state index contributed by atoms with van der Waals surface area (Å²) in [5.74, 6) is -0.503. The average molecular weight is 622 g/mol. The molecule has 10 nitrogen and oxygen atoms in total. The van der Waals surface area contributed by atoms with Crippen LogP contribution in [0.25, 0.3) is 11.0 Å². The van der Waals surface area contributed by atoms with Crippen LogP contribution in [-0.2, 0) is 25.5 Å². The maximum Gasteiger partial charge on any atom is 0.326 e. The minimum absolute atomic E-state index is 0.0733. The summed E-state index contributed by atoms with van der Waals surface area (Å²) in [4.78, 5) is 51.5. The zero-order chi connectivity index (χ0) is 32.0. The SMILES string of the molecule is COc1ccc2nc3c(nc2c1)O[C@H]1CN(C(=O)[C@H](C(C)(C)C)CC(=O)O[C@H]2CC4CC(C4)[C@@H]2CCCCC3)[C@H](C(=O)O)[C@@H]1C. The highest BCUT2D eigenvalue weighted by atomic mass is 16.5. The molecule has 1 amide bonds. The van der Waals surface area contributed by atoms with E-state index >= 15 is 0 Å². The van der Waals surface area contributed by atoms with E-state index in [9.17, 15) is 19.5 Å². The van der Waals surface area contributed by atoms with Gasteiger partial charge in [-0.1, -0.05) is 40.5 Å². The van der Waals surface area contributed by atoms with E-state index in [2.05, 4.69) is 0 Å². The Balaban J connectivity index is 1.36. The van der Waals surface area contributed by atoms with Crippen LogP contribution >= 0.6 is 0 Å². The predicted molar refractivity (Wildman–Crippen MR) is 167 cm³/mol. The molecule has 45 heavy (non-hydrogen) atoms. The molecule has 3 heterocycles. The molecule has 4 bridgehead atoms. The lowest BCUT2D eigenvalue weighted by Gasteiger charge is -2.50. The van der Waals surface area contributed by atoms with Crippen LogP contribution in [0.5, 0.6) is 11.6 Å². The summed E-state index contributed by atoms with van der Waals surface area (Å²) >= 11 is 0. The fourth-order valence-corrected chi connectivity index (χ4v) is 8.16. The Morgan fingerprint density at radius 3 is 2.51 bits per heavy atom. The fourth-order valence-electron chi connectivity index (χ4n) is 8.16. The number of aromatic nitrogens is 2. The highest BCUT2D eigenvalue weighted by molar-refractivity contribution is 5.89. The van der Waals surface area contributed by atoms with Gasteiger partial charge in [-0.25, -0.2) is 14.8 Å². The van der Waals surface area contributed by atoms with Gasteiger partial charge in [0.1, 0.15) is 29.7 Å². The van der Waals surface area contributed by atoms with Crippen LogP contribution in [0, 0.1) is 35.0 Å². The van der Waals surface area contributed by atoms with Crippen molar-refractivity contribution in [1.29, 1.82) is 0 Å². The number of nitrogens with zero attached hydrogens (tertiary/aromatic N) is 3. The van der Waals surface area contributed by atoms with Crippen molar-refractivity contribution in [3.8, 4) is 11.6 Å². The van der Waals surface area contributed by atoms with Crippen molar-refractivity contribution in [3.63, 3.8) is 0 Å². The van der Waals surface area contributed by atoms with Crippen LogP contribution in [0.2, 0.25) is 0 Å². The van der Waals surface area contributed by atoms with E-state index in [1.165, 1.54) is 17.7 Å². The van der Waals surface area contributed by atoms with E-state index in [-0.39, 0.29) is 30.9 Å². The van der Waals surface area contributed by atoms with Crippen molar-refractivity contribution in [2.45, 2.75) is 104 Å². The van der Waals surface area contributed by atoms with E-state index < -0.39 is 35.4 Å². The summed E-state index contributed by atoms with van der Waals surface area (Å²) in [6.07, 6.45) is 7.12. The molecule has 1 aromatic carbocycles. The second-order valence-electron chi connectivity index (χ2n) is 14.9. The van der Waals surface area contributed by atoms with Crippen LogP contribution in [0.4, 0.5) is 0 Å². The minimum Gasteiger partial charge on any atom is -0.497 e. The number of carboxylic acids is 1. The normalized spacial score (nSPS) is 32.7. The van der Waals surface area contributed by atoms with Gasteiger partial charge in [-0.05, 0) is 73.8 Å². The number of carboxylic acid groups (broad SMARTS) is 1. The molecule has 3 saturated carbocycles. The molecule has 0 unspecified atom stereocenters. The lowest BCUT2D eigenvalue weighted by molar-refractivity contribution is -0.168. The smallest absolute Gasteiger partial charge is 0.326 e. The molecule has 0 radical (unpaired) electrons. The molecule has 2 aliphatic heterocycles. The number of hydrogen-bond acceptors (Lipinski definition) is 8. The van der Waals surface area contributed by atoms with Crippen molar-refractivity contribution in [3.05, 3.63) is 23.9 Å². The number of amides is 1. The molecule has 10 heteroatoms. The highest BCUT2D eigenvalue weighted by Crippen LogP contribution is 2.52. The van der Waals surface area contributed by atoms with Crippen molar-refractivity contribution >= 4 is 28.9 Å². The molecule has 1 N–H and O–H groups in total. The predicted octanol–water partition coefficient (Wildman–Crippen LogP) is 5.44. The number of esters is 1. The molecule has 4 fully saturated rings. The third-order valence-electron chi connectivity index (χ3n) is 10.9. The van der Waals surface area contributed by atoms with Crippen LogP contribution in [0.3, 0.4) is 0 Å². The summed E-state index contributed by atoms with van der Waals surface area (Å²) in [5.41, 5.74) is 1.50. The number of benzene rings is 1. The minimum atomic E-state index is -1.10. The lowest BCUT2D eigenvalue weighted by Crippen LogP contribution is -2.49. The maximum absolute atomic E-state index is 14.2. The molecule has 7 rings (SSSR count). The molecule has 2 aromatic rings. The Labute approximate surface area is 265 Å². The lowest BCUT2D eigenvalue weighted by atomic mass is 9.57. The van der Waals surface area contributed by atoms with Gasteiger partial charge < -0.3 is 24.2 Å². The van der Waals surface area contributed by atoms with Gasteiger partial charge in [-0.15, -0.1) is 0 Å². The third kappa shape index (κ3) is 6.34. The Morgan fingerprint density at radius 2 is 1.80 bits per heavy atom. The molecule has 1 aromatic heterocycles. The Hall–Kier alpha value is -3.43. The third-order valence-corrected chi connectivity index (χ3v) is 10.9. The number of methoxy groups -OCH3 is 1. The van der Waals surface area contributed by atoms with E-state index in [0.29, 0.717) is 41.3 Å². The van der Waals surface area contributed by atoms with Gasteiger partial charge in [0.15, 0.2) is 0 Å². The van der Waals surface area contributed by atoms with E-state index in [1.807, 2.05) is 39.0 Å². The number of hydrogen-bond donors (Lipinski definition) is 1. The summed E-state index contributed by atoms with van der Waals surface area (Å²) < 4.78 is 18.1. The standard InChI is InChI=1S/C35H47N3O7/c1-19-29-18-38(31(19)34(41)42)33(40)24(35(2,3)4)17-30(39)44-28-15-20-13-21(14-20)23(28)9-7-6-8-10-26-32(45-29)37-27-16-22(43-5)11-12-25(27)36-26/h11-12,16,19-21,23-24,28-29,31H,6-10,13-15,17-18H2,1-5H3,(H,41,42)/t19-,20?,21?,23+,24-,28+,29+,31+/m1/s1. The first-order chi connectivity index (χ1) is 21.4. The number of fused-ring (bicyclic) bond motifs is 4. The van der Waals surface area contributed by atoms with E-state index in [0.717, 1.165) is 43.3 Å². The Bertz CT molecular complexity index is 1450. The molecular formula is C35H47N3O7. The molecule has 244 valence electrons. The summed E-state index contributed by atoms with van der Waals surface area (Å²) in [6.45, 7) is 7.63. The van der Waals surface area contributed by atoms with Crippen molar-refractivity contribution in [2.24, 2.45) is 35.0 Å². The van der Waals surface area contributed by atoms with Gasteiger partial charge in [-0.2, -0.15) is 0 Å². The number of carbonyl (C=O) groups is 3. The van der Waals surface area contributed by atoms with Crippen LogP contribution < -0.4 is 9.47 Å². The van der Waals surface area contributed by atoms with Gasteiger partial charge >= 0.3 is 11.9 Å². The van der Waals surface area contributed by atoms with E-state index in [1.54, 1.807) is 14.0 Å². The summed E-state index contributed by atoms with van der Waals surface area (Å²) in [7, 11) is 1.60. The molecule has 6 atom stereocenters. The van der Waals surface area contributed by atoms with E-state index in [4.69, 9.17) is 24.2 Å². The van der Waals surface area contributed by atoms with Crippen LogP contribution in [0.15, 0.2) is 18.2 Å². The summed E-state index contributed by atoms with van der Waals surface area (Å²) in [5, 5.41) is 10.3. The number of aliphatic carboxylic acids is 1. The maximum atomic E-state index is 14.2. The second kappa shape index (κ2) is 12.4. The van der Waals surface area contributed by atoms with Crippen molar-refractivity contribution in [1.82, 2.24) is 14.9 Å². The first kappa shape index (κ1) is 31.5. The number of ether oxygens (including phenoxy) is 3. The Morgan fingerprint density at radius 1 is 1.02 bits per heavy atom. The molecule has 0 spiro atoms. The van der Waals surface area contributed by atoms with Gasteiger partial charge in [0.2, 0.25) is 11.8 Å². The quantitative estimate of drug-likeness (QED) is 0.436. The summed E-state index contributed by atoms with van der Waals surface area (Å²) in [6, 6.07) is 4.45. The topological polar surface area (TPSA) is 128 Å². The molecule has 5 aliphatic rings. The largest absolute Gasteiger partial charge is 0.497 e. The van der Waals surface area contributed by atoms with Gasteiger partial charge in [-0.3, -0.25) is 9.59 Å². The number of carbonyl (C=O) groups excluding carboxylic acids is 2. The average Bonchev–Trinajstić information content (AvgIpc) is 3.29. The van der Waals surface area contributed by atoms with Crippen LogP contribution in [0.1, 0.15) is 84.8 Å². The molecular weight excluding hydrogens is 574 g/mol. The first-order valence-corrected chi connectivity index (χ1v) is 16.7. The molecule has 1 saturated heterocycles. The first-order valence-electron chi connectivity index (χ1n) is 16.7. The molecule has 3 aliphatic carbocycles. The van der Waals surface area contributed by atoms with Crippen molar-refractivity contribution < 1.29 is 33.7 Å². The zero-order valence-corrected chi connectivity index (χ0v) is 27.2.